The topological polar surface area (TPSA) is 6.48 Å². The van der Waals surface area contributed by atoms with Crippen molar-refractivity contribution in [2.75, 3.05) is 13.1 Å². The first-order valence-corrected chi connectivity index (χ1v) is 25.9. The number of unbranched alkanes of at least 4 members (excludes halogenated alkanes) is 33. The minimum atomic E-state index is 0.430. The van der Waals surface area contributed by atoms with Gasteiger partial charge in [0.2, 0.25) is 0 Å². The Kier molecular flexibility index (Phi) is 37.3. The van der Waals surface area contributed by atoms with Crippen LogP contribution in [0.3, 0.4) is 0 Å². The van der Waals surface area contributed by atoms with Crippen molar-refractivity contribution >= 4 is 0 Å². The fraction of sp³-hybridized carbons (Fsp3) is 0.962. The molecule has 0 radical (unpaired) electrons. The first-order valence-electron chi connectivity index (χ1n) is 25.9. The number of rotatable bonds is 44. The lowest BCUT2D eigenvalue weighted by atomic mass is 9.70. The second-order valence-electron chi connectivity index (χ2n) is 18.4. The molecule has 0 N–H and O–H groups in total. The van der Waals surface area contributed by atoms with Gasteiger partial charge in [-0.05, 0) is 32.1 Å². The van der Waals surface area contributed by atoms with E-state index < -0.39 is 0 Å². The summed E-state index contributed by atoms with van der Waals surface area (Å²) < 4.78 is 0. The molecule has 0 spiro atoms. The van der Waals surface area contributed by atoms with Gasteiger partial charge >= 0.3 is 0 Å². The molecule has 0 fully saturated rings. The Hall–Kier alpha value is -0.660. The molecular weight excluding hydrogens is 653 g/mol. The molecule has 0 aromatic heterocycles. The summed E-state index contributed by atoms with van der Waals surface area (Å²) in [5.74, 6) is 0. The van der Waals surface area contributed by atoms with Gasteiger partial charge in [0.1, 0.15) is 6.17 Å². The smallest absolute Gasteiger partial charge is 0.106 e. The highest BCUT2D eigenvalue weighted by Gasteiger charge is 2.44. The van der Waals surface area contributed by atoms with Crippen molar-refractivity contribution < 1.29 is 0 Å². The van der Waals surface area contributed by atoms with Crippen LogP contribution in [0.5, 0.6) is 0 Å². The van der Waals surface area contributed by atoms with E-state index in [2.05, 4.69) is 56.8 Å². The molecule has 0 bridgehead atoms. The Morgan fingerprint density at radius 2 is 0.481 bits per heavy atom. The summed E-state index contributed by atoms with van der Waals surface area (Å²) in [4.78, 5) is 5.80. The van der Waals surface area contributed by atoms with Gasteiger partial charge in [-0.1, -0.05) is 266 Å². The molecule has 322 valence electrons. The van der Waals surface area contributed by atoms with E-state index in [1.807, 2.05) is 0 Å². The Morgan fingerprint density at radius 3 is 0.759 bits per heavy atom. The van der Waals surface area contributed by atoms with Crippen LogP contribution in [-0.2, 0) is 0 Å². The summed E-state index contributed by atoms with van der Waals surface area (Å²) in [7, 11) is 0. The number of hydrogen-bond acceptors (Lipinski definition) is 2. The molecule has 0 amide bonds. The van der Waals surface area contributed by atoms with Crippen LogP contribution in [0.15, 0.2) is 12.4 Å². The van der Waals surface area contributed by atoms with Gasteiger partial charge in [-0.2, -0.15) is 0 Å². The summed E-state index contributed by atoms with van der Waals surface area (Å²) in [5.41, 5.74) is 0.430. The van der Waals surface area contributed by atoms with Gasteiger partial charge in [-0.15, -0.1) is 0 Å². The van der Waals surface area contributed by atoms with Gasteiger partial charge in [0.05, 0.1) is 0 Å². The predicted octanol–water partition coefficient (Wildman–Crippen LogP) is 18.5. The van der Waals surface area contributed by atoms with Crippen molar-refractivity contribution in [1.82, 2.24) is 9.80 Å². The van der Waals surface area contributed by atoms with Gasteiger partial charge in [0.15, 0.2) is 0 Å². The monoisotopic (exact) mass is 757 g/mol. The molecule has 0 aliphatic carbocycles. The van der Waals surface area contributed by atoms with Gasteiger partial charge in [0, 0.05) is 30.9 Å². The first-order chi connectivity index (χ1) is 26.7. The Balaban J connectivity index is 3.07. The Morgan fingerprint density at radius 1 is 0.278 bits per heavy atom. The van der Waals surface area contributed by atoms with Crippen molar-refractivity contribution in [3.05, 3.63) is 12.4 Å². The lowest BCUT2D eigenvalue weighted by molar-refractivity contribution is -0.0110. The molecule has 0 saturated heterocycles. The zero-order chi connectivity index (χ0) is 39.1. The molecule has 1 aliphatic heterocycles. The normalized spacial score (nSPS) is 15.5. The lowest BCUT2D eigenvalue weighted by Gasteiger charge is -2.48. The maximum Gasteiger partial charge on any atom is 0.106 e. The van der Waals surface area contributed by atoms with Crippen LogP contribution in [0.1, 0.15) is 298 Å². The van der Waals surface area contributed by atoms with E-state index in [4.69, 9.17) is 0 Å². The molecule has 1 rings (SSSR count). The highest BCUT2D eigenvalue weighted by atomic mass is 15.4. The number of nitrogens with zero attached hydrogens (tertiary/aromatic N) is 2. The maximum atomic E-state index is 2.91. The highest BCUT2D eigenvalue weighted by Crippen LogP contribution is 2.46. The van der Waals surface area contributed by atoms with Gasteiger partial charge in [-0.3, -0.25) is 0 Å². The van der Waals surface area contributed by atoms with Crippen molar-refractivity contribution in [1.29, 1.82) is 0 Å². The first kappa shape index (κ1) is 51.4. The van der Waals surface area contributed by atoms with Crippen LogP contribution in [0.25, 0.3) is 0 Å². The van der Waals surface area contributed by atoms with E-state index in [0.717, 1.165) is 0 Å². The summed E-state index contributed by atoms with van der Waals surface area (Å²) in [6.07, 6.45) is 64.6. The Bertz CT molecular complexity index is 761. The van der Waals surface area contributed by atoms with E-state index >= 15 is 0 Å². The van der Waals surface area contributed by atoms with E-state index in [1.54, 1.807) is 0 Å². The van der Waals surface area contributed by atoms with E-state index in [0.29, 0.717) is 11.6 Å². The molecule has 0 saturated carbocycles. The van der Waals surface area contributed by atoms with E-state index in [-0.39, 0.29) is 0 Å². The Labute approximate surface area is 343 Å². The molecule has 2 atom stereocenters. The predicted molar refractivity (Wildman–Crippen MR) is 246 cm³/mol. The molecule has 54 heavy (non-hydrogen) atoms. The zero-order valence-corrected chi connectivity index (χ0v) is 38.5. The molecule has 2 nitrogen and oxygen atoms in total. The maximum absolute atomic E-state index is 2.91. The van der Waals surface area contributed by atoms with Crippen molar-refractivity contribution in [3.8, 4) is 0 Å². The van der Waals surface area contributed by atoms with Gasteiger partial charge in [-0.25, -0.2) is 0 Å². The standard InChI is InChI=1S/C52H104N2/c1-6-11-16-20-24-27-29-31-34-37-41-46-52(44-39-35-32-26-22-18-13-8-3,45-40-36-33-30-28-25-21-17-12-7-2)51-53(47-42-15-10-5)49-50-54(51)48-43-38-23-19-14-9-4/h49-51H,6-48H2,1-5H3. The minimum absolute atomic E-state index is 0.430. The summed E-state index contributed by atoms with van der Waals surface area (Å²) in [6.45, 7) is 14.3. The second-order valence-corrected chi connectivity index (χ2v) is 18.4. The van der Waals surface area contributed by atoms with E-state index in [9.17, 15) is 0 Å². The molecule has 1 aliphatic rings. The minimum Gasteiger partial charge on any atom is -0.356 e. The third kappa shape index (κ3) is 27.1. The highest BCUT2D eigenvalue weighted by molar-refractivity contribution is 5.05. The molecule has 1 heterocycles. The molecule has 2 heteroatoms. The van der Waals surface area contributed by atoms with Crippen molar-refractivity contribution in [3.63, 3.8) is 0 Å². The average molecular weight is 757 g/mol. The van der Waals surface area contributed by atoms with Crippen LogP contribution in [0, 0.1) is 5.41 Å². The molecule has 2 unspecified atom stereocenters. The zero-order valence-electron chi connectivity index (χ0n) is 38.5. The fourth-order valence-corrected chi connectivity index (χ4v) is 9.72. The lowest BCUT2D eigenvalue weighted by Crippen LogP contribution is -2.52. The van der Waals surface area contributed by atoms with Crippen LogP contribution >= 0.6 is 0 Å². The third-order valence-corrected chi connectivity index (χ3v) is 13.3. The molecule has 0 aromatic carbocycles. The number of hydrogen-bond donors (Lipinski definition) is 0. The average Bonchev–Trinajstić information content (AvgIpc) is 3.59. The third-order valence-electron chi connectivity index (χ3n) is 13.3. The van der Waals surface area contributed by atoms with Crippen LogP contribution in [-0.4, -0.2) is 29.1 Å². The van der Waals surface area contributed by atoms with Crippen LogP contribution in [0.2, 0.25) is 0 Å². The summed E-state index contributed by atoms with van der Waals surface area (Å²) in [5, 5.41) is 0. The van der Waals surface area contributed by atoms with Crippen LogP contribution < -0.4 is 0 Å². The van der Waals surface area contributed by atoms with Crippen molar-refractivity contribution in [2.45, 2.75) is 304 Å². The second kappa shape index (κ2) is 39.2. The largest absolute Gasteiger partial charge is 0.356 e. The summed E-state index contributed by atoms with van der Waals surface area (Å²) in [6, 6.07) is 0. The van der Waals surface area contributed by atoms with Gasteiger partial charge in [0.25, 0.3) is 0 Å². The van der Waals surface area contributed by atoms with Crippen LogP contribution in [0.4, 0.5) is 0 Å². The molecule has 0 aromatic rings. The molecular formula is C52H104N2. The van der Waals surface area contributed by atoms with Gasteiger partial charge < -0.3 is 9.80 Å². The fourth-order valence-electron chi connectivity index (χ4n) is 9.72. The van der Waals surface area contributed by atoms with Crippen molar-refractivity contribution in [2.24, 2.45) is 5.41 Å². The SMILES string of the molecule is CCCCCCCCCCCCCC(CCCCCCCCCC)(CCCCCCCCCCCC)C1N(CCCCC)C=CN1CCCCCCCC. The summed E-state index contributed by atoms with van der Waals surface area (Å²) >= 11 is 0. The van der Waals surface area contributed by atoms with E-state index in [1.165, 1.54) is 276 Å². The quantitative estimate of drug-likeness (QED) is 0.0571.